The van der Waals surface area contributed by atoms with Gasteiger partial charge in [0.25, 0.3) is 0 Å². The Morgan fingerprint density at radius 2 is 1.47 bits per heavy atom. The fourth-order valence-electron chi connectivity index (χ4n) is 4.69. The summed E-state index contributed by atoms with van der Waals surface area (Å²) in [5.74, 6) is 0.816. The smallest absolute Gasteiger partial charge is 0.234 e. The van der Waals surface area contributed by atoms with E-state index in [-0.39, 0.29) is 36.5 Å². The molecule has 1 atom stereocenters. The zero-order chi connectivity index (χ0) is 25.5. The number of hydrogen-bond acceptors (Lipinski definition) is 4. The number of hydrogen-bond donors (Lipinski definition) is 1. The van der Waals surface area contributed by atoms with E-state index in [2.05, 4.69) is 10.2 Å². The molecule has 1 unspecified atom stereocenters. The van der Waals surface area contributed by atoms with E-state index in [0.29, 0.717) is 19.6 Å². The van der Waals surface area contributed by atoms with Crippen LogP contribution in [-0.2, 0) is 9.59 Å². The van der Waals surface area contributed by atoms with Gasteiger partial charge in [0.15, 0.2) is 0 Å². The molecule has 0 saturated carbocycles. The lowest BCUT2D eigenvalue weighted by molar-refractivity contribution is -0.132. The fourth-order valence-corrected chi connectivity index (χ4v) is 4.69. The number of amides is 2. The van der Waals surface area contributed by atoms with Gasteiger partial charge in [-0.25, -0.2) is 0 Å². The maximum Gasteiger partial charge on any atom is 0.234 e. The second kappa shape index (κ2) is 11.9. The molecule has 0 aliphatic carbocycles. The molecule has 6 heteroatoms. The molecule has 4 rings (SSSR count). The number of nitrogens with zero attached hydrogens (tertiary/aromatic N) is 2. The molecule has 0 spiro atoms. The first-order chi connectivity index (χ1) is 17.4. The number of ether oxygens (including phenoxy) is 1. The molecule has 0 radical (unpaired) electrons. The number of carbonyl (C=O) groups is 2. The van der Waals surface area contributed by atoms with Gasteiger partial charge in [0.2, 0.25) is 11.8 Å². The van der Waals surface area contributed by atoms with Gasteiger partial charge in [0.05, 0.1) is 24.7 Å². The third-order valence-corrected chi connectivity index (χ3v) is 6.49. The lowest BCUT2D eigenvalue weighted by Crippen LogP contribution is -2.52. The van der Waals surface area contributed by atoms with Crippen LogP contribution < -0.4 is 10.1 Å². The minimum absolute atomic E-state index is 0.0475. The van der Waals surface area contributed by atoms with Crippen molar-refractivity contribution in [2.45, 2.75) is 39.0 Å². The number of carbonyl (C=O) groups excluding carboxylic acids is 2. The van der Waals surface area contributed by atoms with Gasteiger partial charge in [0, 0.05) is 26.6 Å². The largest absolute Gasteiger partial charge is 0.491 e. The standard InChI is InChI=1S/C30H35N3O3/c1-22(2)36-27-16-14-24(15-17-27)28-20-32(23(3)34)18-19-33(28)21-29(35)31-30(25-10-6-4-7-11-25)26-12-8-5-9-13-26/h4-17,22,28,30H,18-21H2,1-3H3,(H,31,35). The van der Waals surface area contributed by atoms with E-state index in [1.54, 1.807) is 6.92 Å². The Balaban J connectivity index is 1.52. The highest BCUT2D eigenvalue weighted by Gasteiger charge is 2.31. The van der Waals surface area contributed by atoms with Crippen LogP contribution in [0, 0.1) is 0 Å². The third-order valence-electron chi connectivity index (χ3n) is 6.49. The first-order valence-corrected chi connectivity index (χ1v) is 12.6. The second-order valence-corrected chi connectivity index (χ2v) is 9.51. The summed E-state index contributed by atoms with van der Waals surface area (Å²) in [7, 11) is 0. The van der Waals surface area contributed by atoms with Crippen LogP contribution in [0.15, 0.2) is 84.9 Å². The Bertz CT molecular complexity index is 1090. The van der Waals surface area contributed by atoms with Gasteiger partial charge in [-0.3, -0.25) is 14.5 Å². The second-order valence-electron chi connectivity index (χ2n) is 9.51. The van der Waals surface area contributed by atoms with Crippen molar-refractivity contribution in [1.82, 2.24) is 15.1 Å². The zero-order valence-electron chi connectivity index (χ0n) is 21.3. The van der Waals surface area contributed by atoms with Crippen LogP contribution in [0.4, 0.5) is 0 Å². The number of nitrogens with one attached hydrogen (secondary N) is 1. The summed E-state index contributed by atoms with van der Waals surface area (Å²) >= 11 is 0. The summed E-state index contributed by atoms with van der Waals surface area (Å²) in [5.41, 5.74) is 3.14. The van der Waals surface area contributed by atoms with E-state index in [4.69, 9.17) is 4.74 Å². The topological polar surface area (TPSA) is 61.9 Å². The maximum atomic E-state index is 13.4. The predicted octanol–water partition coefficient (Wildman–Crippen LogP) is 4.58. The highest BCUT2D eigenvalue weighted by molar-refractivity contribution is 5.79. The van der Waals surface area contributed by atoms with Gasteiger partial charge in [-0.2, -0.15) is 0 Å². The molecule has 1 saturated heterocycles. The van der Waals surface area contributed by atoms with E-state index in [9.17, 15) is 9.59 Å². The molecule has 1 fully saturated rings. The Kier molecular flexibility index (Phi) is 8.39. The predicted molar refractivity (Wildman–Crippen MR) is 142 cm³/mol. The van der Waals surface area contributed by atoms with Crippen molar-refractivity contribution in [3.8, 4) is 5.75 Å². The van der Waals surface area contributed by atoms with Crippen molar-refractivity contribution in [2.24, 2.45) is 0 Å². The Morgan fingerprint density at radius 1 is 0.889 bits per heavy atom. The van der Waals surface area contributed by atoms with E-state index < -0.39 is 0 Å². The molecular formula is C30H35N3O3. The molecule has 3 aromatic rings. The van der Waals surface area contributed by atoms with Gasteiger partial charge in [-0.15, -0.1) is 0 Å². The minimum atomic E-state index is -0.232. The van der Waals surface area contributed by atoms with Gasteiger partial charge in [0.1, 0.15) is 5.75 Å². The molecule has 6 nitrogen and oxygen atoms in total. The lowest BCUT2D eigenvalue weighted by atomic mass is 9.98. The van der Waals surface area contributed by atoms with E-state index in [1.165, 1.54) is 0 Å². The molecule has 0 aromatic heterocycles. The van der Waals surface area contributed by atoms with Crippen molar-refractivity contribution in [1.29, 1.82) is 0 Å². The van der Waals surface area contributed by atoms with Crippen molar-refractivity contribution in [2.75, 3.05) is 26.2 Å². The maximum absolute atomic E-state index is 13.4. The van der Waals surface area contributed by atoms with Crippen molar-refractivity contribution < 1.29 is 14.3 Å². The summed E-state index contributed by atoms with van der Waals surface area (Å²) < 4.78 is 5.79. The quantitative estimate of drug-likeness (QED) is 0.507. The van der Waals surface area contributed by atoms with Crippen LogP contribution in [0.2, 0.25) is 0 Å². The number of piperazine rings is 1. The normalized spacial score (nSPS) is 16.2. The molecule has 36 heavy (non-hydrogen) atoms. The van der Waals surface area contributed by atoms with Crippen LogP contribution in [0.3, 0.4) is 0 Å². The monoisotopic (exact) mass is 485 g/mol. The van der Waals surface area contributed by atoms with Gasteiger partial charge < -0.3 is 15.0 Å². The first kappa shape index (κ1) is 25.5. The third kappa shape index (κ3) is 6.52. The molecule has 0 bridgehead atoms. The van der Waals surface area contributed by atoms with Crippen LogP contribution in [-0.4, -0.2) is 53.9 Å². The molecule has 1 aliphatic heterocycles. The number of benzene rings is 3. The zero-order valence-corrected chi connectivity index (χ0v) is 21.3. The van der Waals surface area contributed by atoms with Crippen LogP contribution in [0.5, 0.6) is 5.75 Å². The molecule has 1 N–H and O–H groups in total. The highest BCUT2D eigenvalue weighted by Crippen LogP contribution is 2.28. The average Bonchev–Trinajstić information content (AvgIpc) is 2.88. The Hall–Kier alpha value is -3.64. The molecule has 188 valence electrons. The summed E-state index contributed by atoms with van der Waals surface area (Å²) in [4.78, 5) is 29.6. The molecular weight excluding hydrogens is 450 g/mol. The van der Waals surface area contributed by atoms with Crippen LogP contribution >= 0.6 is 0 Å². The summed E-state index contributed by atoms with van der Waals surface area (Å²) in [6.07, 6.45) is 0.0982. The van der Waals surface area contributed by atoms with Gasteiger partial charge in [-0.1, -0.05) is 72.8 Å². The highest BCUT2D eigenvalue weighted by atomic mass is 16.5. The minimum Gasteiger partial charge on any atom is -0.491 e. The summed E-state index contributed by atoms with van der Waals surface area (Å²) in [6.45, 7) is 7.63. The van der Waals surface area contributed by atoms with Crippen LogP contribution in [0.1, 0.15) is 49.5 Å². The molecule has 1 aliphatic rings. The number of rotatable bonds is 8. The molecule has 2 amide bonds. The first-order valence-electron chi connectivity index (χ1n) is 12.6. The Labute approximate surface area is 213 Å². The van der Waals surface area contributed by atoms with Crippen molar-refractivity contribution in [3.63, 3.8) is 0 Å². The van der Waals surface area contributed by atoms with Crippen molar-refractivity contribution >= 4 is 11.8 Å². The fraction of sp³-hybridized carbons (Fsp3) is 0.333. The van der Waals surface area contributed by atoms with Gasteiger partial charge >= 0.3 is 0 Å². The Morgan fingerprint density at radius 3 is 2.00 bits per heavy atom. The van der Waals surface area contributed by atoms with E-state index in [1.807, 2.05) is 104 Å². The SMILES string of the molecule is CC(=O)N1CCN(CC(=O)NC(c2ccccc2)c2ccccc2)C(c2ccc(OC(C)C)cc2)C1. The van der Waals surface area contributed by atoms with E-state index in [0.717, 1.165) is 22.4 Å². The average molecular weight is 486 g/mol. The molecule has 1 heterocycles. The molecule has 3 aromatic carbocycles. The van der Waals surface area contributed by atoms with E-state index >= 15 is 0 Å². The van der Waals surface area contributed by atoms with Crippen molar-refractivity contribution in [3.05, 3.63) is 102 Å². The van der Waals surface area contributed by atoms with Crippen LogP contribution in [0.25, 0.3) is 0 Å². The van der Waals surface area contributed by atoms with Gasteiger partial charge in [-0.05, 0) is 42.7 Å². The summed E-state index contributed by atoms with van der Waals surface area (Å²) in [5, 5.41) is 3.25. The lowest BCUT2D eigenvalue weighted by Gasteiger charge is -2.41. The summed E-state index contributed by atoms with van der Waals surface area (Å²) in [6, 6.07) is 27.7.